The average Bonchev–Trinajstić information content (AvgIpc) is 3.16. The number of hydrogen-bond donors (Lipinski definition) is 2. The molecule has 8 heteroatoms. The van der Waals surface area contributed by atoms with E-state index < -0.39 is 17.2 Å². The normalized spacial score (nSPS) is 16.9. The number of aromatic nitrogens is 3. The van der Waals surface area contributed by atoms with Crippen molar-refractivity contribution in [3.05, 3.63) is 86.3 Å². The van der Waals surface area contributed by atoms with Crippen LogP contribution in [0.4, 0.5) is 0 Å². The lowest BCUT2D eigenvalue weighted by Crippen LogP contribution is -2.40. The van der Waals surface area contributed by atoms with E-state index in [4.69, 9.17) is 4.42 Å². The van der Waals surface area contributed by atoms with Gasteiger partial charge in [0.15, 0.2) is 0 Å². The molecule has 3 heterocycles. The fourth-order valence-electron chi connectivity index (χ4n) is 3.53. The summed E-state index contributed by atoms with van der Waals surface area (Å²) in [5, 5.41) is 0. The molecule has 2 aromatic heterocycles. The second kappa shape index (κ2) is 7.67. The summed E-state index contributed by atoms with van der Waals surface area (Å²) in [5.74, 6) is 0.797. The molecule has 1 saturated heterocycles. The Morgan fingerprint density at radius 2 is 2.00 bits per heavy atom. The topological polar surface area (TPSA) is 112 Å². The molecule has 2 N–H and O–H groups in total. The van der Waals surface area contributed by atoms with E-state index in [1.54, 1.807) is 11.1 Å². The predicted molar refractivity (Wildman–Crippen MR) is 101 cm³/mol. The van der Waals surface area contributed by atoms with Gasteiger partial charge in [-0.1, -0.05) is 30.3 Å². The first kappa shape index (κ1) is 18.0. The molecule has 3 aromatic rings. The number of nitrogens with one attached hydrogen (secondary N) is 2. The summed E-state index contributed by atoms with van der Waals surface area (Å²) in [6.45, 7) is 0.509. The van der Waals surface area contributed by atoms with E-state index in [-0.39, 0.29) is 11.7 Å². The van der Waals surface area contributed by atoms with Crippen molar-refractivity contribution in [1.29, 1.82) is 0 Å². The molecule has 1 fully saturated rings. The first-order valence-corrected chi connectivity index (χ1v) is 9.23. The minimum Gasteiger partial charge on any atom is -0.443 e. The van der Waals surface area contributed by atoms with Crippen molar-refractivity contribution in [3.8, 4) is 0 Å². The van der Waals surface area contributed by atoms with Crippen molar-refractivity contribution in [2.45, 2.75) is 31.7 Å². The molecule has 0 unspecified atom stereocenters. The van der Waals surface area contributed by atoms with E-state index >= 15 is 0 Å². The average molecular weight is 380 g/mol. The van der Waals surface area contributed by atoms with Crippen LogP contribution in [0.5, 0.6) is 0 Å². The van der Waals surface area contributed by atoms with Crippen LogP contribution in [-0.4, -0.2) is 32.3 Å². The summed E-state index contributed by atoms with van der Waals surface area (Å²) >= 11 is 0. The van der Waals surface area contributed by atoms with Gasteiger partial charge in [0.25, 0.3) is 11.5 Å². The molecule has 1 atom stereocenters. The monoisotopic (exact) mass is 380 g/mol. The van der Waals surface area contributed by atoms with Gasteiger partial charge in [0, 0.05) is 19.0 Å². The highest BCUT2D eigenvalue weighted by atomic mass is 16.4. The number of carbonyl (C=O) groups is 1. The zero-order valence-corrected chi connectivity index (χ0v) is 15.2. The molecule has 28 heavy (non-hydrogen) atoms. The Labute approximate surface area is 160 Å². The first-order chi connectivity index (χ1) is 13.6. The van der Waals surface area contributed by atoms with Crippen LogP contribution in [0, 0.1) is 0 Å². The Bertz CT molecular complexity index is 1050. The Balaban J connectivity index is 1.58. The molecular weight excluding hydrogens is 360 g/mol. The molecule has 1 amide bonds. The van der Waals surface area contributed by atoms with Crippen LogP contribution in [0.15, 0.2) is 56.6 Å². The number of likely N-dealkylation sites (tertiary alicyclic amines) is 1. The zero-order valence-electron chi connectivity index (χ0n) is 15.2. The summed E-state index contributed by atoms with van der Waals surface area (Å²) in [6, 6.07) is 10.7. The van der Waals surface area contributed by atoms with Crippen LogP contribution in [0.25, 0.3) is 0 Å². The van der Waals surface area contributed by atoms with E-state index in [1.165, 1.54) is 0 Å². The van der Waals surface area contributed by atoms with Gasteiger partial charge in [-0.15, -0.1) is 0 Å². The van der Waals surface area contributed by atoms with Gasteiger partial charge in [0.05, 0.1) is 6.20 Å². The number of H-pyrrole nitrogens is 2. The molecule has 0 bridgehead atoms. The van der Waals surface area contributed by atoms with E-state index in [2.05, 4.69) is 15.0 Å². The van der Waals surface area contributed by atoms with Crippen molar-refractivity contribution in [2.75, 3.05) is 6.54 Å². The van der Waals surface area contributed by atoms with E-state index in [0.29, 0.717) is 25.3 Å². The molecule has 1 aliphatic rings. The minimum absolute atomic E-state index is 0.0308. The van der Waals surface area contributed by atoms with Crippen LogP contribution in [-0.2, 0) is 6.42 Å². The van der Waals surface area contributed by atoms with Gasteiger partial charge >= 0.3 is 5.69 Å². The number of carbonyl (C=O) groups excluding carboxylic acids is 1. The number of oxazole rings is 1. The Morgan fingerprint density at radius 3 is 2.79 bits per heavy atom. The molecule has 144 valence electrons. The number of piperidine rings is 1. The number of aromatic amines is 2. The molecule has 1 aliphatic heterocycles. The molecule has 4 rings (SSSR count). The van der Waals surface area contributed by atoms with Crippen molar-refractivity contribution in [1.82, 2.24) is 19.9 Å². The van der Waals surface area contributed by atoms with Crippen LogP contribution >= 0.6 is 0 Å². The Hall–Kier alpha value is -3.42. The molecule has 0 saturated carbocycles. The maximum atomic E-state index is 12.9. The van der Waals surface area contributed by atoms with Gasteiger partial charge < -0.3 is 14.3 Å². The number of benzene rings is 1. The minimum atomic E-state index is -0.703. The quantitative estimate of drug-likeness (QED) is 0.719. The third kappa shape index (κ3) is 3.80. The molecule has 0 aliphatic carbocycles. The maximum absolute atomic E-state index is 12.9. The van der Waals surface area contributed by atoms with Gasteiger partial charge in [-0.2, -0.15) is 0 Å². The van der Waals surface area contributed by atoms with Crippen LogP contribution in [0.3, 0.4) is 0 Å². The number of hydrogen-bond acceptors (Lipinski definition) is 5. The second-order valence-corrected chi connectivity index (χ2v) is 6.84. The molecular formula is C20H20N4O4. The van der Waals surface area contributed by atoms with E-state index in [9.17, 15) is 14.4 Å². The highest BCUT2D eigenvalue weighted by Crippen LogP contribution is 2.31. The number of rotatable bonds is 4. The highest BCUT2D eigenvalue weighted by molar-refractivity contribution is 5.92. The lowest BCUT2D eigenvalue weighted by molar-refractivity contribution is 0.0563. The lowest BCUT2D eigenvalue weighted by Gasteiger charge is -2.33. The molecule has 0 spiro atoms. The summed E-state index contributed by atoms with van der Waals surface area (Å²) < 4.78 is 5.95. The van der Waals surface area contributed by atoms with Crippen LogP contribution in [0.1, 0.15) is 53.0 Å². The number of amides is 1. The zero-order chi connectivity index (χ0) is 19.5. The van der Waals surface area contributed by atoms with Crippen molar-refractivity contribution in [3.63, 3.8) is 0 Å². The van der Waals surface area contributed by atoms with Crippen LogP contribution in [0.2, 0.25) is 0 Å². The van der Waals surface area contributed by atoms with Gasteiger partial charge in [-0.05, 0) is 24.8 Å². The van der Waals surface area contributed by atoms with Crippen molar-refractivity contribution < 1.29 is 9.21 Å². The highest BCUT2D eigenvalue weighted by Gasteiger charge is 2.32. The van der Waals surface area contributed by atoms with Gasteiger partial charge in [0.2, 0.25) is 5.89 Å². The summed E-state index contributed by atoms with van der Waals surface area (Å²) in [5.41, 5.74) is -0.229. The lowest BCUT2D eigenvalue weighted by atomic mass is 10.0. The van der Waals surface area contributed by atoms with Gasteiger partial charge in [0.1, 0.15) is 17.5 Å². The maximum Gasteiger partial charge on any atom is 0.326 e. The fourth-order valence-corrected chi connectivity index (χ4v) is 3.53. The summed E-state index contributed by atoms with van der Waals surface area (Å²) in [7, 11) is 0. The standard InChI is InChI=1S/C20H20N4O4/c25-17-11-15(22-20(27)23-17)19(26)24-9-5-4-8-16(24)18-21-12-14(28-18)10-13-6-2-1-3-7-13/h1-3,6-7,11-12,16H,4-5,8-10H2,(H2,22,23,25,27)/t16-/m0/s1. The van der Waals surface area contributed by atoms with Gasteiger partial charge in [-0.25, -0.2) is 9.78 Å². The largest absolute Gasteiger partial charge is 0.443 e. The first-order valence-electron chi connectivity index (χ1n) is 9.23. The Morgan fingerprint density at radius 1 is 1.18 bits per heavy atom. The molecule has 1 aromatic carbocycles. The SMILES string of the molecule is O=C(c1cc(=O)[nH]c(=O)[nH]1)N1CCCC[C@H]1c1ncc(Cc2ccccc2)o1. The third-order valence-electron chi connectivity index (χ3n) is 4.83. The summed E-state index contributed by atoms with van der Waals surface area (Å²) in [6.07, 6.45) is 4.80. The third-order valence-corrected chi connectivity index (χ3v) is 4.83. The number of nitrogens with zero attached hydrogens (tertiary/aromatic N) is 2. The van der Waals surface area contributed by atoms with Crippen LogP contribution < -0.4 is 11.2 Å². The smallest absolute Gasteiger partial charge is 0.326 e. The van der Waals surface area contributed by atoms with Gasteiger partial charge in [-0.3, -0.25) is 14.6 Å². The fraction of sp³-hybridized carbons (Fsp3) is 0.300. The van der Waals surface area contributed by atoms with Crippen molar-refractivity contribution in [2.24, 2.45) is 0 Å². The Kier molecular flexibility index (Phi) is 4.92. The predicted octanol–water partition coefficient (Wildman–Crippen LogP) is 2.01. The van der Waals surface area contributed by atoms with Crippen molar-refractivity contribution >= 4 is 5.91 Å². The molecule has 8 nitrogen and oxygen atoms in total. The second-order valence-electron chi connectivity index (χ2n) is 6.84. The summed E-state index contributed by atoms with van der Waals surface area (Å²) in [4.78, 5) is 46.5. The molecule has 0 radical (unpaired) electrons. The van der Waals surface area contributed by atoms with E-state index in [0.717, 1.165) is 30.2 Å². The van der Waals surface area contributed by atoms with E-state index in [1.807, 2.05) is 30.3 Å².